The van der Waals surface area contributed by atoms with Crippen LogP contribution in [0.3, 0.4) is 0 Å². The fraction of sp³-hybridized carbons (Fsp3) is 0.824. The van der Waals surface area contributed by atoms with Gasteiger partial charge in [-0.2, -0.15) is 0 Å². The van der Waals surface area contributed by atoms with E-state index in [0.717, 1.165) is 49.0 Å². The molecule has 5 rings (SSSR count). The Balaban J connectivity index is 1.60. The van der Waals surface area contributed by atoms with Gasteiger partial charge in [-0.25, -0.2) is 4.98 Å². The number of rotatable bonds is 4. The van der Waals surface area contributed by atoms with Gasteiger partial charge in [0.05, 0.1) is 0 Å². The van der Waals surface area contributed by atoms with Crippen LogP contribution in [0.15, 0.2) is 6.20 Å². The molecule has 0 radical (unpaired) electrons. The molecular formula is C17H27N3. The molecule has 4 aliphatic rings. The lowest BCUT2D eigenvalue weighted by atomic mass is 9.51. The van der Waals surface area contributed by atoms with Crippen LogP contribution in [0.4, 0.5) is 0 Å². The van der Waals surface area contributed by atoms with E-state index >= 15 is 0 Å². The predicted octanol–water partition coefficient (Wildman–Crippen LogP) is 2.85. The lowest BCUT2D eigenvalue weighted by molar-refractivity contribution is -0.00508. The summed E-state index contributed by atoms with van der Waals surface area (Å²) in [5, 5.41) is 0. The van der Waals surface area contributed by atoms with Crippen molar-refractivity contribution in [2.45, 2.75) is 50.9 Å². The van der Waals surface area contributed by atoms with Gasteiger partial charge in [0.1, 0.15) is 5.82 Å². The first-order valence-corrected chi connectivity index (χ1v) is 8.46. The lowest BCUT2D eigenvalue weighted by Gasteiger charge is -2.54. The highest BCUT2D eigenvalue weighted by Gasteiger charge is 2.49. The van der Waals surface area contributed by atoms with Crippen molar-refractivity contribution in [3.05, 3.63) is 17.7 Å². The highest BCUT2D eigenvalue weighted by Crippen LogP contribution is 2.59. The van der Waals surface area contributed by atoms with Gasteiger partial charge in [-0.15, -0.1) is 0 Å². The number of nitrogens with two attached hydrogens (primary N) is 1. The van der Waals surface area contributed by atoms with E-state index in [9.17, 15) is 0 Å². The summed E-state index contributed by atoms with van der Waals surface area (Å²) in [4.78, 5) is 4.69. The van der Waals surface area contributed by atoms with Gasteiger partial charge in [0, 0.05) is 31.3 Å². The molecule has 0 aliphatic heterocycles. The number of aromatic nitrogens is 2. The van der Waals surface area contributed by atoms with Gasteiger partial charge in [-0.3, -0.25) is 0 Å². The molecule has 2 N–H and O–H groups in total. The Labute approximate surface area is 122 Å². The topological polar surface area (TPSA) is 43.8 Å². The summed E-state index contributed by atoms with van der Waals surface area (Å²) >= 11 is 0. The maximum atomic E-state index is 5.63. The molecule has 0 atom stereocenters. The normalized spacial score (nSPS) is 38.6. The molecular weight excluding hydrogens is 246 g/mol. The Morgan fingerprint density at radius 1 is 1.15 bits per heavy atom. The van der Waals surface area contributed by atoms with Crippen LogP contribution >= 0.6 is 0 Å². The summed E-state index contributed by atoms with van der Waals surface area (Å²) in [5.74, 6) is 6.04. The van der Waals surface area contributed by atoms with Gasteiger partial charge >= 0.3 is 0 Å². The molecule has 0 unspecified atom stereocenters. The summed E-state index contributed by atoms with van der Waals surface area (Å²) in [7, 11) is 2.22. The molecule has 0 aromatic carbocycles. The summed E-state index contributed by atoms with van der Waals surface area (Å²) in [6.45, 7) is 0.764. The zero-order chi connectivity index (χ0) is 13.7. The first-order chi connectivity index (χ1) is 9.76. The van der Waals surface area contributed by atoms with E-state index in [2.05, 4.69) is 17.8 Å². The Hall–Kier alpha value is -0.830. The first-order valence-electron chi connectivity index (χ1n) is 8.46. The van der Waals surface area contributed by atoms with E-state index < -0.39 is 0 Å². The maximum absolute atomic E-state index is 5.63. The van der Waals surface area contributed by atoms with Crippen molar-refractivity contribution in [1.82, 2.24) is 9.55 Å². The van der Waals surface area contributed by atoms with Crippen molar-refractivity contribution in [3.8, 4) is 0 Å². The Kier molecular flexibility index (Phi) is 3.13. The number of aryl methyl sites for hydroxylation is 1. The SMILES string of the molecule is Cn1c(C2C3CC4CC(C3)CC2C4)cnc1CCCN. The molecule has 0 saturated heterocycles. The molecule has 1 aromatic heterocycles. The third-order valence-electron chi connectivity index (χ3n) is 6.29. The molecule has 4 aliphatic carbocycles. The average molecular weight is 273 g/mol. The highest BCUT2D eigenvalue weighted by molar-refractivity contribution is 5.18. The van der Waals surface area contributed by atoms with Crippen molar-refractivity contribution in [3.63, 3.8) is 0 Å². The molecule has 4 fully saturated rings. The zero-order valence-electron chi connectivity index (χ0n) is 12.6. The Morgan fingerprint density at radius 2 is 1.80 bits per heavy atom. The standard InChI is InChI=1S/C17H27N3/c1-20-15(10-19-16(20)3-2-4-18)17-13-6-11-5-12(8-13)9-14(17)7-11/h10-14,17H,2-9,18H2,1H3. The predicted molar refractivity (Wildman–Crippen MR) is 80.4 cm³/mol. The molecule has 3 nitrogen and oxygen atoms in total. The molecule has 4 bridgehead atoms. The molecule has 3 heteroatoms. The summed E-state index contributed by atoms with van der Waals surface area (Å²) in [6.07, 6.45) is 11.7. The molecule has 0 spiro atoms. The molecule has 4 saturated carbocycles. The molecule has 20 heavy (non-hydrogen) atoms. The minimum atomic E-state index is 0.764. The van der Waals surface area contributed by atoms with Crippen LogP contribution in [0.1, 0.15) is 56.0 Å². The van der Waals surface area contributed by atoms with Crippen molar-refractivity contribution in [1.29, 1.82) is 0 Å². The second-order valence-electron chi connectivity index (χ2n) is 7.51. The van der Waals surface area contributed by atoms with E-state index in [1.165, 1.54) is 43.6 Å². The van der Waals surface area contributed by atoms with Crippen LogP contribution in [0.5, 0.6) is 0 Å². The smallest absolute Gasteiger partial charge is 0.108 e. The Bertz CT molecular complexity index is 462. The van der Waals surface area contributed by atoms with Crippen molar-refractivity contribution < 1.29 is 0 Å². The number of nitrogens with zero attached hydrogens (tertiary/aromatic N) is 2. The monoisotopic (exact) mass is 273 g/mol. The van der Waals surface area contributed by atoms with Gasteiger partial charge in [0.2, 0.25) is 0 Å². The quantitative estimate of drug-likeness (QED) is 0.916. The van der Waals surface area contributed by atoms with Crippen LogP contribution < -0.4 is 5.73 Å². The number of hydrogen-bond donors (Lipinski definition) is 1. The summed E-state index contributed by atoms with van der Waals surface area (Å²) < 4.78 is 2.39. The Morgan fingerprint density at radius 3 is 2.40 bits per heavy atom. The van der Waals surface area contributed by atoms with E-state index in [4.69, 9.17) is 10.7 Å². The van der Waals surface area contributed by atoms with Gasteiger partial charge in [0.25, 0.3) is 0 Å². The van der Waals surface area contributed by atoms with E-state index in [1.807, 2.05) is 0 Å². The van der Waals surface area contributed by atoms with Crippen molar-refractivity contribution in [2.75, 3.05) is 6.54 Å². The van der Waals surface area contributed by atoms with E-state index in [1.54, 1.807) is 0 Å². The van der Waals surface area contributed by atoms with E-state index in [0.29, 0.717) is 0 Å². The van der Waals surface area contributed by atoms with Gasteiger partial charge in [0.15, 0.2) is 0 Å². The number of imidazole rings is 1. The second kappa shape index (κ2) is 4.87. The number of hydrogen-bond acceptors (Lipinski definition) is 2. The van der Waals surface area contributed by atoms with Gasteiger partial charge in [-0.1, -0.05) is 0 Å². The van der Waals surface area contributed by atoms with Crippen LogP contribution in [-0.4, -0.2) is 16.1 Å². The van der Waals surface area contributed by atoms with Gasteiger partial charge in [-0.05, 0) is 68.7 Å². The second-order valence-corrected chi connectivity index (χ2v) is 7.51. The highest BCUT2D eigenvalue weighted by atomic mass is 15.1. The van der Waals surface area contributed by atoms with Crippen molar-refractivity contribution in [2.24, 2.45) is 36.5 Å². The third kappa shape index (κ3) is 1.93. The molecule has 1 heterocycles. The minimum Gasteiger partial charge on any atom is -0.335 e. The zero-order valence-corrected chi connectivity index (χ0v) is 12.6. The summed E-state index contributed by atoms with van der Waals surface area (Å²) in [5.41, 5.74) is 7.15. The maximum Gasteiger partial charge on any atom is 0.108 e. The van der Waals surface area contributed by atoms with Gasteiger partial charge < -0.3 is 10.3 Å². The molecule has 0 amide bonds. The first kappa shape index (κ1) is 12.9. The summed E-state index contributed by atoms with van der Waals surface area (Å²) in [6, 6.07) is 0. The molecule has 1 aromatic rings. The van der Waals surface area contributed by atoms with Crippen LogP contribution in [0, 0.1) is 23.7 Å². The van der Waals surface area contributed by atoms with E-state index in [-0.39, 0.29) is 0 Å². The third-order valence-corrected chi connectivity index (χ3v) is 6.29. The van der Waals surface area contributed by atoms with Crippen molar-refractivity contribution >= 4 is 0 Å². The van der Waals surface area contributed by atoms with Crippen LogP contribution in [0.25, 0.3) is 0 Å². The minimum absolute atomic E-state index is 0.764. The van der Waals surface area contributed by atoms with Crippen LogP contribution in [0.2, 0.25) is 0 Å². The lowest BCUT2D eigenvalue weighted by Crippen LogP contribution is -2.44. The average Bonchev–Trinajstić information content (AvgIpc) is 2.77. The molecule has 110 valence electrons. The fourth-order valence-corrected chi connectivity index (χ4v) is 5.67. The van der Waals surface area contributed by atoms with Crippen LogP contribution in [-0.2, 0) is 13.5 Å². The fourth-order valence-electron chi connectivity index (χ4n) is 5.67. The largest absolute Gasteiger partial charge is 0.335 e.